The van der Waals surface area contributed by atoms with Gasteiger partial charge in [0.25, 0.3) is 0 Å². The molecule has 0 amide bonds. The fraction of sp³-hybridized carbons (Fsp3) is 0.533. The average Bonchev–Trinajstić information content (AvgIpc) is 3.00. The molecule has 104 valence electrons. The molecule has 0 aliphatic heterocycles. The number of hydrogen-bond acceptors (Lipinski definition) is 3. The van der Waals surface area contributed by atoms with Crippen LogP contribution in [0.25, 0.3) is 0 Å². The van der Waals surface area contributed by atoms with Crippen molar-refractivity contribution in [3.8, 4) is 0 Å². The van der Waals surface area contributed by atoms with Gasteiger partial charge in [0.05, 0.1) is 5.69 Å². The van der Waals surface area contributed by atoms with Gasteiger partial charge in [0.2, 0.25) is 0 Å². The molecule has 0 aliphatic rings. The van der Waals surface area contributed by atoms with Gasteiger partial charge in [0.1, 0.15) is 0 Å². The zero-order valence-electron chi connectivity index (χ0n) is 12.2. The number of thiophene rings is 1. The molecule has 0 saturated heterocycles. The van der Waals surface area contributed by atoms with Crippen molar-refractivity contribution in [2.24, 2.45) is 0 Å². The molecule has 0 atom stereocenters. The monoisotopic (exact) mass is 277 g/mol. The summed E-state index contributed by atoms with van der Waals surface area (Å²) >= 11 is 1.82. The lowest BCUT2D eigenvalue weighted by Crippen LogP contribution is -2.32. The summed E-state index contributed by atoms with van der Waals surface area (Å²) in [6, 6.07) is 6.84. The lowest BCUT2D eigenvalue weighted by molar-refractivity contribution is 0.468. The largest absolute Gasteiger partial charge is 0.310 e. The SMILES string of the molecule is CC(C)n1ccc(CNCC(C)(C)c2cccs2)n1. The molecule has 2 aromatic rings. The highest BCUT2D eigenvalue weighted by molar-refractivity contribution is 7.10. The lowest BCUT2D eigenvalue weighted by atomic mass is 9.91. The Morgan fingerprint density at radius 3 is 2.74 bits per heavy atom. The van der Waals surface area contributed by atoms with E-state index in [1.807, 2.05) is 22.2 Å². The van der Waals surface area contributed by atoms with Crippen LogP contribution < -0.4 is 5.32 Å². The maximum absolute atomic E-state index is 4.55. The highest BCUT2D eigenvalue weighted by atomic mass is 32.1. The smallest absolute Gasteiger partial charge is 0.0762 e. The number of nitrogens with one attached hydrogen (secondary N) is 1. The van der Waals surface area contributed by atoms with E-state index in [4.69, 9.17) is 0 Å². The van der Waals surface area contributed by atoms with Crippen LogP contribution in [0.1, 0.15) is 44.3 Å². The Morgan fingerprint density at radius 1 is 1.37 bits per heavy atom. The van der Waals surface area contributed by atoms with Crippen molar-refractivity contribution in [1.82, 2.24) is 15.1 Å². The van der Waals surface area contributed by atoms with Crippen LogP contribution in [0.4, 0.5) is 0 Å². The molecule has 0 unspecified atom stereocenters. The van der Waals surface area contributed by atoms with Crippen molar-refractivity contribution in [1.29, 1.82) is 0 Å². The van der Waals surface area contributed by atoms with Crippen LogP contribution in [0.15, 0.2) is 29.8 Å². The third-order valence-electron chi connectivity index (χ3n) is 3.25. The molecule has 0 fully saturated rings. The van der Waals surface area contributed by atoms with Gasteiger partial charge in [-0.05, 0) is 31.4 Å². The minimum Gasteiger partial charge on any atom is -0.310 e. The van der Waals surface area contributed by atoms with Gasteiger partial charge in [-0.25, -0.2) is 0 Å². The number of aromatic nitrogens is 2. The number of rotatable bonds is 6. The molecule has 0 spiro atoms. The van der Waals surface area contributed by atoms with Crippen LogP contribution in [-0.2, 0) is 12.0 Å². The van der Waals surface area contributed by atoms with Crippen molar-refractivity contribution in [2.75, 3.05) is 6.54 Å². The number of hydrogen-bond donors (Lipinski definition) is 1. The molecule has 3 nitrogen and oxygen atoms in total. The predicted molar refractivity (Wildman–Crippen MR) is 81.7 cm³/mol. The summed E-state index contributed by atoms with van der Waals surface area (Å²) in [5.41, 5.74) is 1.28. The topological polar surface area (TPSA) is 29.9 Å². The summed E-state index contributed by atoms with van der Waals surface area (Å²) in [6.07, 6.45) is 2.05. The summed E-state index contributed by atoms with van der Waals surface area (Å²) in [5.74, 6) is 0. The zero-order chi connectivity index (χ0) is 13.9. The fourth-order valence-electron chi connectivity index (χ4n) is 2.01. The Hall–Kier alpha value is -1.13. The van der Waals surface area contributed by atoms with Crippen molar-refractivity contribution in [3.63, 3.8) is 0 Å². The second-order valence-electron chi connectivity index (χ2n) is 5.85. The molecular formula is C15H23N3S. The molecular weight excluding hydrogens is 254 g/mol. The first-order valence-electron chi connectivity index (χ1n) is 6.78. The van der Waals surface area contributed by atoms with E-state index >= 15 is 0 Å². The molecule has 0 saturated carbocycles. The maximum atomic E-state index is 4.55. The van der Waals surface area contributed by atoms with Gasteiger partial charge in [-0.3, -0.25) is 4.68 Å². The summed E-state index contributed by atoms with van der Waals surface area (Å²) in [6.45, 7) is 10.6. The highest BCUT2D eigenvalue weighted by Crippen LogP contribution is 2.26. The Balaban J connectivity index is 1.86. The van der Waals surface area contributed by atoms with Crippen molar-refractivity contribution in [3.05, 3.63) is 40.3 Å². The summed E-state index contributed by atoms with van der Waals surface area (Å²) < 4.78 is 2.00. The van der Waals surface area contributed by atoms with E-state index in [1.165, 1.54) is 4.88 Å². The fourth-order valence-corrected chi connectivity index (χ4v) is 2.87. The molecule has 2 rings (SSSR count). The molecule has 0 radical (unpaired) electrons. The Labute approximate surface area is 119 Å². The predicted octanol–water partition coefficient (Wildman–Crippen LogP) is 3.59. The van der Waals surface area contributed by atoms with E-state index in [9.17, 15) is 0 Å². The summed E-state index contributed by atoms with van der Waals surface area (Å²) in [7, 11) is 0. The van der Waals surface area contributed by atoms with E-state index in [2.05, 4.69) is 61.7 Å². The third kappa shape index (κ3) is 3.67. The molecule has 0 aliphatic carbocycles. The molecule has 0 aromatic carbocycles. The Kier molecular flexibility index (Phi) is 4.42. The first-order valence-corrected chi connectivity index (χ1v) is 7.66. The summed E-state index contributed by atoms with van der Waals surface area (Å²) in [4.78, 5) is 1.42. The first-order chi connectivity index (χ1) is 8.99. The van der Waals surface area contributed by atoms with Crippen LogP contribution >= 0.6 is 11.3 Å². The second kappa shape index (κ2) is 5.88. The van der Waals surface area contributed by atoms with Crippen molar-refractivity contribution in [2.45, 2.75) is 45.7 Å². The second-order valence-corrected chi connectivity index (χ2v) is 6.79. The lowest BCUT2D eigenvalue weighted by Gasteiger charge is -2.23. The Morgan fingerprint density at radius 2 is 2.16 bits per heavy atom. The van der Waals surface area contributed by atoms with Gasteiger partial charge >= 0.3 is 0 Å². The van der Waals surface area contributed by atoms with Gasteiger partial charge in [-0.1, -0.05) is 19.9 Å². The molecule has 2 heterocycles. The standard InChI is InChI=1S/C15H23N3S/c1-12(2)18-8-7-13(17-18)10-16-11-15(3,4)14-6-5-9-19-14/h5-9,12,16H,10-11H2,1-4H3. The first kappa shape index (κ1) is 14.3. The van der Waals surface area contributed by atoms with Crippen LogP contribution in [0.5, 0.6) is 0 Å². The summed E-state index contributed by atoms with van der Waals surface area (Å²) in [5, 5.41) is 10.2. The highest BCUT2D eigenvalue weighted by Gasteiger charge is 2.21. The van der Waals surface area contributed by atoms with Gasteiger partial charge in [-0.2, -0.15) is 5.10 Å². The van der Waals surface area contributed by atoms with E-state index in [1.54, 1.807) is 0 Å². The van der Waals surface area contributed by atoms with E-state index < -0.39 is 0 Å². The third-order valence-corrected chi connectivity index (χ3v) is 4.49. The molecule has 2 aromatic heterocycles. The van der Waals surface area contributed by atoms with Gasteiger partial charge in [0.15, 0.2) is 0 Å². The van der Waals surface area contributed by atoms with Crippen LogP contribution in [-0.4, -0.2) is 16.3 Å². The van der Waals surface area contributed by atoms with Crippen molar-refractivity contribution < 1.29 is 0 Å². The van der Waals surface area contributed by atoms with Gasteiger partial charge in [0, 0.05) is 35.6 Å². The number of nitrogens with zero attached hydrogens (tertiary/aromatic N) is 2. The minimum atomic E-state index is 0.175. The van der Waals surface area contributed by atoms with E-state index in [0.29, 0.717) is 6.04 Å². The van der Waals surface area contributed by atoms with Gasteiger partial charge in [-0.15, -0.1) is 11.3 Å². The molecule has 4 heteroatoms. The van der Waals surface area contributed by atoms with E-state index in [0.717, 1.165) is 18.8 Å². The Bertz CT molecular complexity index is 497. The van der Waals surface area contributed by atoms with Crippen LogP contribution in [0, 0.1) is 0 Å². The normalized spacial score (nSPS) is 12.3. The maximum Gasteiger partial charge on any atom is 0.0762 e. The molecule has 0 bridgehead atoms. The quantitative estimate of drug-likeness (QED) is 0.874. The zero-order valence-corrected chi connectivity index (χ0v) is 13.0. The van der Waals surface area contributed by atoms with Gasteiger partial charge < -0.3 is 5.32 Å². The molecule has 19 heavy (non-hydrogen) atoms. The minimum absolute atomic E-state index is 0.175. The van der Waals surface area contributed by atoms with Crippen molar-refractivity contribution >= 4 is 11.3 Å². The van der Waals surface area contributed by atoms with E-state index in [-0.39, 0.29) is 5.41 Å². The molecule has 1 N–H and O–H groups in total. The van der Waals surface area contributed by atoms with Crippen LogP contribution in [0.3, 0.4) is 0 Å². The van der Waals surface area contributed by atoms with Crippen LogP contribution in [0.2, 0.25) is 0 Å². The average molecular weight is 277 g/mol.